The Morgan fingerprint density at radius 2 is 2.10 bits per heavy atom. The number of nitrogens with one attached hydrogen (secondary N) is 1. The van der Waals surface area contributed by atoms with Gasteiger partial charge < -0.3 is 24.3 Å². The van der Waals surface area contributed by atoms with Crippen molar-refractivity contribution in [3.63, 3.8) is 0 Å². The summed E-state index contributed by atoms with van der Waals surface area (Å²) in [5.41, 5.74) is 0.822. The SMILES string of the molecule is CC(C)c1nnc(-c2cccnc2N2CCN(C(=O)NCC3CCCO3)CC2)o1. The molecule has 4 heterocycles. The second kappa shape index (κ2) is 8.77. The highest BCUT2D eigenvalue weighted by Gasteiger charge is 2.26. The molecule has 2 aromatic heterocycles. The van der Waals surface area contributed by atoms with Gasteiger partial charge in [-0.3, -0.25) is 0 Å². The summed E-state index contributed by atoms with van der Waals surface area (Å²) in [5.74, 6) is 2.08. The lowest BCUT2D eigenvalue weighted by molar-refractivity contribution is 0.108. The van der Waals surface area contributed by atoms with Crippen LogP contribution in [0, 0.1) is 0 Å². The number of hydrogen-bond donors (Lipinski definition) is 1. The summed E-state index contributed by atoms with van der Waals surface area (Å²) < 4.78 is 11.4. The topological polar surface area (TPSA) is 96.6 Å². The van der Waals surface area contributed by atoms with Crippen molar-refractivity contribution in [2.75, 3.05) is 44.2 Å². The molecule has 2 saturated heterocycles. The smallest absolute Gasteiger partial charge is 0.317 e. The summed E-state index contributed by atoms with van der Waals surface area (Å²) in [7, 11) is 0. The molecule has 29 heavy (non-hydrogen) atoms. The molecule has 2 fully saturated rings. The second-order valence-electron chi connectivity index (χ2n) is 7.77. The molecule has 2 amide bonds. The number of pyridine rings is 1. The van der Waals surface area contributed by atoms with Crippen molar-refractivity contribution in [3.8, 4) is 11.5 Å². The van der Waals surface area contributed by atoms with Gasteiger partial charge in [-0.15, -0.1) is 10.2 Å². The van der Waals surface area contributed by atoms with Gasteiger partial charge in [0.15, 0.2) is 0 Å². The molecule has 156 valence electrons. The van der Waals surface area contributed by atoms with Crippen LogP contribution in [0.15, 0.2) is 22.7 Å². The van der Waals surface area contributed by atoms with Gasteiger partial charge in [0.05, 0.1) is 11.7 Å². The lowest BCUT2D eigenvalue weighted by Crippen LogP contribution is -2.52. The molecule has 1 atom stereocenters. The first-order valence-electron chi connectivity index (χ1n) is 10.3. The van der Waals surface area contributed by atoms with E-state index in [-0.39, 0.29) is 18.1 Å². The Morgan fingerprint density at radius 1 is 1.28 bits per heavy atom. The highest BCUT2D eigenvalue weighted by atomic mass is 16.5. The van der Waals surface area contributed by atoms with Crippen LogP contribution in [0.3, 0.4) is 0 Å². The van der Waals surface area contributed by atoms with E-state index in [4.69, 9.17) is 9.15 Å². The number of rotatable bonds is 5. The minimum atomic E-state index is -0.0279. The summed E-state index contributed by atoms with van der Waals surface area (Å²) in [6.45, 7) is 8.08. The zero-order valence-corrected chi connectivity index (χ0v) is 17.0. The zero-order chi connectivity index (χ0) is 20.2. The van der Waals surface area contributed by atoms with Gasteiger partial charge in [0, 0.05) is 51.4 Å². The van der Waals surface area contributed by atoms with Gasteiger partial charge in [-0.2, -0.15) is 0 Å². The van der Waals surface area contributed by atoms with Crippen LogP contribution in [0.5, 0.6) is 0 Å². The average Bonchev–Trinajstić information content (AvgIpc) is 3.44. The number of piperazine rings is 1. The van der Waals surface area contributed by atoms with E-state index in [9.17, 15) is 4.79 Å². The van der Waals surface area contributed by atoms with Crippen molar-refractivity contribution in [1.82, 2.24) is 25.4 Å². The minimum absolute atomic E-state index is 0.0279. The maximum absolute atomic E-state index is 12.4. The monoisotopic (exact) mass is 400 g/mol. The molecular weight excluding hydrogens is 372 g/mol. The number of ether oxygens (including phenoxy) is 1. The van der Waals surface area contributed by atoms with Crippen molar-refractivity contribution < 1.29 is 13.9 Å². The summed E-state index contributed by atoms with van der Waals surface area (Å²) in [4.78, 5) is 21.0. The van der Waals surface area contributed by atoms with Crippen LogP contribution in [-0.2, 0) is 4.74 Å². The molecule has 9 nitrogen and oxygen atoms in total. The van der Waals surface area contributed by atoms with Gasteiger partial charge in [0.25, 0.3) is 5.89 Å². The number of carbonyl (C=O) groups is 1. The number of aromatic nitrogens is 3. The fraction of sp³-hybridized carbons (Fsp3) is 0.600. The summed E-state index contributed by atoms with van der Waals surface area (Å²) in [6, 6.07) is 3.79. The van der Waals surface area contributed by atoms with Crippen LogP contribution >= 0.6 is 0 Å². The maximum Gasteiger partial charge on any atom is 0.317 e. The highest BCUT2D eigenvalue weighted by molar-refractivity contribution is 5.75. The second-order valence-corrected chi connectivity index (χ2v) is 7.77. The number of amides is 2. The van der Waals surface area contributed by atoms with E-state index in [0.29, 0.717) is 44.5 Å². The van der Waals surface area contributed by atoms with Crippen molar-refractivity contribution >= 4 is 11.8 Å². The van der Waals surface area contributed by atoms with Crippen LogP contribution in [0.25, 0.3) is 11.5 Å². The number of hydrogen-bond acceptors (Lipinski definition) is 7. The van der Waals surface area contributed by atoms with Gasteiger partial charge in [0.1, 0.15) is 5.82 Å². The van der Waals surface area contributed by atoms with Gasteiger partial charge >= 0.3 is 6.03 Å². The van der Waals surface area contributed by atoms with Crippen LogP contribution in [0.2, 0.25) is 0 Å². The fourth-order valence-electron chi connectivity index (χ4n) is 3.63. The summed E-state index contributed by atoms with van der Waals surface area (Å²) >= 11 is 0. The number of urea groups is 1. The molecule has 9 heteroatoms. The van der Waals surface area contributed by atoms with Crippen LogP contribution in [-0.4, -0.2) is 71.5 Å². The van der Waals surface area contributed by atoms with E-state index in [2.05, 4.69) is 25.4 Å². The Balaban J connectivity index is 1.37. The molecule has 2 aliphatic heterocycles. The molecule has 0 spiro atoms. The first-order chi connectivity index (χ1) is 14.1. The summed E-state index contributed by atoms with van der Waals surface area (Å²) in [6.07, 6.45) is 4.01. The van der Waals surface area contributed by atoms with Gasteiger partial charge in [-0.25, -0.2) is 9.78 Å². The minimum Gasteiger partial charge on any atom is -0.420 e. The lowest BCUT2D eigenvalue weighted by Gasteiger charge is -2.36. The predicted molar refractivity (Wildman–Crippen MR) is 108 cm³/mol. The third-order valence-corrected chi connectivity index (χ3v) is 5.32. The number of anilines is 1. The largest absolute Gasteiger partial charge is 0.420 e. The number of nitrogens with zero attached hydrogens (tertiary/aromatic N) is 5. The van der Waals surface area contributed by atoms with Crippen molar-refractivity contribution in [3.05, 3.63) is 24.2 Å². The quantitative estimate of drug-likeness (QED) is 0.822. The highest BCUT2D eigenvalue weighted by Crippen LogP contribution is 2.29. The summed E-state index contributed by atoms with van der Waals surface area (Å²) in [5, 5.41) is 11.3. The Morgan fingerprint density at radius 3 is 2.79 bits per heavy atom. The third kappa shape index (κ3) is 4.50. The molecular formula is C20H28N6O3. The Bertz CT molecular complexity index is 825. The van der Waals surface area contributed by atoms with E-state index in [1.54, 1.807) is 6.20 Å². The Kier molecular flexibility index (Phi) is 5.94. The standard InChI is InChI=1S/C20H28N6O3/c1-14(2)18-23-24-19(29-18)16-6-3-7-21-17(16)25-8-10-26(11-9-25)20(27)22-13-15-5-4-12-28-15/h3,6-7,14-15H,4-5,8-13H2,1-2H3,(H,22,27). The molecule has 0 aliphatic carbocycles. The molecule has 1 N–H and O–H groups in total. The zero-order valence-electron chi connectivity index (χ0n) is 17.0. The van der Waals surface area contributed by atoms with Crippen LogP contribution in [0.1, 0.15) is 38.5 Å². The van der Waals surface area contributed by atoms with E-state index >= 15 is 0 Å². The molecule has 1 unspecified atom stereocenters. The Labute approximate surface area is 170 Å². The van der Waals surface area contributed by atoms with Gasteiger partial charge in [0.2, 0.25) is 5.89 Å². The van der Waals surface area contributed by atoms with Crippen LogP contribution in [0.4, 0.5) is 10.6 Å². The normalized spacial score (nSPS) is 19.8. The average molecular weight is 400 g/mol. The third-order valence-electron chi connectivity index (χ3n) is 5.32. The van der Waals surface area contributed by atoms with E-state index in [0.717, 1.165) is 30.8 Å². The maximum atomic E-state index is 12.4. The van der Waals surface area contributed by atoms with Gasteiger partial charge in [-0.05, 0) is 25.0 Å². The molecule has 0 bridgehead atoms. The first kappa shape index (κ1) is 19.6. The van der Waals surface area contributed by atoms with Crippen molar-refractivity contribution in [2.45, 2.75) is 38.7 Å². The predicted octanol–water partition coefficient (Wildman–Crippen LogP) is 2.27. The fourth-order valence-corrected chi connectivity index (χ4v) is 3.63. The first-order valence-corrected chi connectivity index (χ1v) is 10.3. The molecule has 0 saturated carbocycles. The molecule has 0 radical (unpaired) electrons. The van der Waals surface area contributed by atoms with E-state index in [1.165, 1.54) is 0 Å². The van der Waals surface area contributed by atoms with Crippen LogP contribution < -0.4 is 10.2 Å². The molecule has 2 aliphatic rings. The molecule has 0 aromatic carbocycles. The molecule has 2 aromatic rings. The lowest BCUT2D eigenvalue weighted by atomic mass is 10.2. The van der Waals surface area contributed by atoms with E-state index < -0.39 is 0 Å². The van der Waals surface area contributed by atoms with Crippen molar-refractivity contribution in [2.24, 2.45) is 0 Å². The van der Waals surface area contributed by atoms with Gasteiger partial charge in [-0.1, -0.05) is 13.8 Å². The molecule has 4 rings (SSSR count). The van der Waals surface area contributed by atoms with Crippen molar-refractivity contribution in [1.29, 1.82) is 0 Å². The Hall–Kier alpha value is -2.68. The van der Waals surface area contributed by atoms with E-state index in [1.807, 2.05) is 30.9 Å². The number of carbonyl (C=O) groups excluding carboxylic acids is 1.